The molecule has 2 rings (SSSR count). The molecule has 0 atom stereocenters. The van der Waals surface area contributed by atoms with Gasteiger partial charge in [0.2, 0.25) is 0 Å². The van der Waals surface area contributed by atoms with Crippen molar-refractivity contribution in [3.8, 4) is 0 Å². The van der Waals surface area contributed by atoms with E-state index in [4.69, 9.17) is 0 Å². The van der Waals surface area contributed by atoms with Crippen LogP contribution in [-0.4, -0.2) is 23.3 Å². The number of carbonyl (C=O) groups is 2. The molecular formula is C19H16F6N2O2. The quantitative estimate of drug-likeness (QED) is 0.578. The second-order valence-corrected chi connectivity index (χ2v) is 6.05. The number of likely N-dealkylation sites (N-methyl/N-ethyl adjacent to an activating group) is 1. The van der Waals surface area contributed by atoms with Gasteiger partial charge in [0.15, 0.2) is 0 Å². The molecule has 29 heavy (non-hydrogen) atoms. The van der Waals surface area contributed by atoms with Crippen LogP contribution in [0.5, 0.6) is 0 Å². The fourth-order valence-corrected chi connectivity index (χ4v) is 2.49. The first-order valence-corrected chi connectivity index (χ1v) is 8.35. The maximum atomic E-state index is 12.9. The highest BCUT2D eigenvalue weighted by Crippen LogP contribution is 2.37. The Morgan fingerprint density at radius 1 is 0.897 bits per heavy atom. The predicted molar refractivity (Wildman–Crippen MR) is 92.6 cm³/mol. The van der Waals surface area contributed by atoms with Gasteiger partial charge in [-0.05, 0) is 30.7 Å². The van der Waals surface area contributed by atoms with E-state index in [0.29, 0.717) is 17.7 Å². The number of hydrogen-bond acceptors (Lipinski definition) is 2. The Hall–Kier alpha value is -3.04. The summed E-state index contributed by atoms with van der Waals surface area (Å²) in [4.78, 5) is 25.6. The fraction of sp³-hybridized carbons (Fsp3) is 0.263. The summed E-state index contributed by atoms with van der Waals surface area (Å²) in [6, 6.07) is 9.21. The SMILES string of the molecule is CCN(Cc1ccccc1)C(=O)C(=O)Nc1cc(C(F)(F)F)cc(C(F)(F)F)c1. The van der Waals surface area contributed by atoms with Gasteiger partial charge in [0, 0.05) is 18.8 Å². The van der Waals surface area contributed by atoms with Gasteiger partial charge in [0.1, 0.15) is 0 Å². The third-order valence-corrected chi connectivity index (χ3v) is 3.92. The summed E-state index contributed by atoms with van der Waals surface area (Å²) in [5.74, 6) is -2.42. The molecule has 0 unspecified atom stereocenters. The number of carbonyl (C=O) groups excluding carboxylic acids is 2. The molecule has 0 fully saturated rings. The number of halogens is 6. The van der Waals surface area contributed by atoms with Crippen LogP contribution in [0.4, 0.5) is 32.0 Å². The van der Waals surface area contributed by atoms with Crippen LogP contribution in [0.3, 0.4) is 0 Å². The first kappa shape index (κ1) is 22.3. The predicted octanol–water partition coefficient (Wildman–Crippen LogP) is 4.71. The Morgan fingerprint density at radius 2 is 1.41 bits per heavy atom. The lowest BCUT2D eigenvalue weighted by molar-refractivity contribution is -0.143. The summed E-state index contributed by atoms with van der Waals surface area (Å²) in [6.45, 7) is 1.75. The Kier molecular flexibility index (Phi) is 6.55. The van der Waals surface area contributed by atoms with Crippen molar-refractivity contribution < 1.29 is 35.9 Å². The van der Waals surface area contributed by atoms with Gasteiger partial charge in [-0.3, -0.25) is 9.59 Å². The largest absolute Gasteiger partial charge is 0.416 e. The van der Waals surface area contributed by atoms with Crippen molar-refractivity contribution in [1.29, 1.82) is 0 Å². The van der Waals surface area contributed by atoms with Crippen molar-refractivity contribution in [2.75, 3.05) is 11.9 Å². The van der Waals surface area contributed by atoms with Crippen molar-refractivity contribution in [1.82, 2.24) is 4.90 Å². The molecule has 0 spiro atoms. The molecule has 0 aliphatic rings. The molecule has 0 heterocycles. The lowest BCUT2D eigenvalue weighted by Crippen LogP contribution is -2.39. The summed E-state index contributed by atoms with van der Waals surface area (Å²) >= 11 is 0. The number of rotatable bonds is 4. The highest BCUT2D eigenvalue weighted by atomic mass is 19.4. The van der Waals surface area contributed by atoms with Gasteiger partial charge in [-0.15, -0.1) is 0 Å². The standard InChI is InChI=1S/C19H16F6N2O2/c1-2-27(11-12-6-4-3-5-7-12)17(29)16(28)26-15-9-13(18(20,21)22)8-14(10-15)19(23,24)25/h3-10H,2,11H2,1H3,(H,26,28). The number of benzene rings is 2. The van der Waals surface area contributed by atoms with E-state index in [1.165, 1.54) is 0 Å². The molecular weight excluding hydrogens is 402 g/mol. The minimum absolute atomic E-state index is 0.0555. The molecule has 2 aromatic carbocycles. The van der Waals surface area contributed by atoms with Crippen LogP contribution in [0.15, 0.2) is 48.5 Å². The molecule has 0 saturated carbocycles. The van der Waals surface area contributed by atoms with Crippen LogP contribution in [0.1, 0.15) is 23.6 Å². The van der Waals surface area contributed by atoms with Gasteiger partial charge in [-0.2, -0.15) is 26.3 Å². The highest BCUT2D eigenvalue weighted by Gasteiger charge is 2.37. The molecule has 156 valence electrons. The van der Waals surface area contributed by atoms with Crippen molar-refractivity contribution in [3.05, 3.63) is 65.2 Å². The van der Waals surface area contributed by atoms with Crippen molar-refractivity contribution >= 4 is 17.5 Å². The van der Waals surface area contributed by atoms with E-state index in [1.807, 2.05) is 5.32 Å². The van der Waals surface area contributed by atoms with E-state index < -0.39 is 41.0 Å². The molecule has 2 amide bonds. The maximum Gasteiger partial charge on any atom is 0.416 e. The molecule has 0 aliphatic heterocycles. The third kappa shape index (κ3) is 5.97. The average Bonchev–Trinajstić information content (AvgIpc) is 2.64. The average molecular weight is 418 g/mol. The summed E-state index contributed by atoms with van der Waals surface area (Å²) in [5.41, 5.74) is -3.26. The van der Waals surface area contributed by atoms with Gasteiger partial charge < -0.3 is 10.2 Å². The van der Waals surface area contributed by atoms with Crippen LogP contribution in [0.2, 0.25) is 0 Å². The summed E-state index contributed by atoms with van der Waals surface area (Å²) in [5, 5.41) is 1.84. The van der Waals surface area contributed by atoms with Crippen molar-refractivity contribution in [2.45, 2.75) is 25.8 Å². The maximum absolute atomic E-state index is 12.9. The molecule has 2 aromatic rings. The monoisotopic (exact) mass is 418 g/mol. The first-order chi connectivity index (χ1) is 13.4. The Morgan fingerprint density at radius 3 is 1.86 bits per heavy atom. The molecule has 4 nitrogen and oxygen atoms in total. The molecule has 0 saturated heterocycles. The smallest absolute Gasteiger partial charge is 0.330 e. The van der Waals surface area contributed by atoms with Crippen molar-refractivity contribution in [2.24, 2.45) is 0 Å². The highest BCUT2D eigenvalue weighted by molar-refractivity contribution is 6.39. The van der Waals surface area contributed by atoms with Gasteiger partial charge in [0.05, 0.1) is 11.1 Å². The number of nitrogens with zero attached hydrogens (tertiary/aromatic N) is 1. The summed E-state index contributed by atoms with van der Waals surface area (Å²) in [7, 11) is 0. The molecule has 0 aliphatic carbocycles. The normalized spacial score (nSPS) is 11.8. The Balaban J connectivity index is 2.25. The zero-order valence-corrected chi connectivity index (χ0v) is 15.1. The van der Waals surface area contributed by atoms with Crippen LogP contribution in [0.25, 0.3) is 0 Å². The summed E-state index contributed by atoms with van der Waals surface area (Å²) in [6.07, 6.45) is -10.1. The fourth-order valence-electron chi connectivity index (χ4n) is 2.49. The third-order valence-electron chi connectivity index (χ3n) is 3.92. The molecule has 1 N–H and O–H groups in total. The van der Waals surface area contributed by atoms with E-state index in [9.17, 15) is 35.9 Å². The summed E-state index contributed by atoms with van der Waals surface area (Å²) < 4.78 is 77.4. The second kappa shape index (κ2) is 8.54. The topological polar surface area (TPSA) is 49.4 Å². The van der Waals surface area contributed by atoms with Gasteiger partial charge >= 0.3 is 24.2 Å². The minimum atomic E-state index is -5.06. The van der Waals surface area contributed by atoms with Gasteiger partial charge in [-0.25, -0.2) is 0 Å². The van der Waals surface area contributed by atoms with E-state index in [1.54, 1.807) is 37.3 Å². The Labute approximate surface area is 162 Å². The van der Waals surface area contributed by atoms with Crippen LogP contribution < -0.4 is 5.32 Å². The minimum Gasteiger partial charge on any atom is -0.330 e. The van der Waals surface area contributed by atoms with Gasteiger partial charge in [0.25, 0.3) is 0 Å². The molecule has 0 aromatic heterocycles. The zero-order chi connectivity index (χ0) is 21.8. The van der Waals surface area contributed by atoms with E-state index in [0.717, 1.165) is 4.90 Å². The van der Waals surface area contributed by atoms with Crippen LogP contribution in [0, 0.1) is 0 Å². The number of nitrogens with one attached hydrogen (secondary N) is 1. The Bertz CT molecular complexity index is 846. The number of alkyl halides is 6. The molecule has 0 radical (unpaired) electrons. The number of amides is 2. The van der Waals surface area contributed by atoms with Crippen molar-refractivity contribution in [3.63, 3.8) is 0 Å². The molecule has 0 bridgehead atoms. The molecule has 10 heteroatoms. The lowest BCUT2D eigenvalue weighted by atomic mass is 10.1. The number of anilines is 1. The lowest BCUT2D eigenvalue weighted by Gasteiger charge is -2.21. The second-order valence-electron chi connectivity index (χ2n) is 6.05. The van der Waals surface area contributed by atoms with E-state index >= 15 is 0 Å². The zero-order valence-electron chi connectivity index (χ0n) is 15.1. The first-order valence-electron chi connectivity index (χ1n) is 8.35. The van der Waals surface area contributed by atoms with E-state index in [-0.39, 0.29) is 19.2 Å². The van der Waals surface area contributed by atoms with Crippen LogP contribution in [-0.2, 0) is 28.5 Å². The van der Waals surface area contributed by atoms with Gasteiger partial charge in [-0.1, -0.05) is 30.3 Å². The van der Waals surface area contributed by atoms with Crippen LogP contribution >= 0.6 is 0 Å². The number of hydrogen-bond donors (Lipinski definition) is 1. The van der Waals surface area contributed by atoms with E-state index in [2.05, 4.69) is 0 Å².